The molecule has 0 radical (unpaired) electrons. The fourth-order valence-corrected chi connectivity index (χ4v) is 3.47. The predicted molar refractivity (Wildman–Crippen MR) is 74.4 cm³/mol. The third-order valence-electron chi connectivity index (χ3n) is 4.92. The van der Waals surface area contributed by atoms with Gasteiger partial charge in [-0.2, -0.15) is 0 Å². The van der Waals surface area contributed by atoms with Crippen LogP contribution in [0.15, 0.2) is 11.6 Å². The van der Waals surface area contributed by atoms with Gasteiger partial charge in [-0.1, -0.05) is 38.8 Å². The molecule has 0 aromatic rings. The van der Waals surface area contributed by atoms with Crippen LogP contribution in [0.5, 0.6) is 0 Å². The van der Waals surface area contributed by atoms with Crippen LogP contribution in [0.4, 0.5) is 0 Å². The molecule has 0 saturated carbocycles. The number of allylic oxidation sites excluding steroid dienone is 2. The smallest absolute Gasteiger partial charge is 0.157 e. The van der Waals surface area contributed by atoms with E-state index in [2.05, 4.69) is 33.8 Å². The van der Waals surface area contributed by atoms with Crippen LogP contribution < -0.4 is 0 Å². The molecule has 2 atom stereocenters. The first-order valence-corrected chi connectivity index (χ1v) is 7.49. The average Bonchev–Trinajstić information content (AvgIpc) is 2.35. The van der Waals surface area contributed by atoms with E-state index < -0.39 is 0 Å². The molecule has 18 heavy (non-hydrogen) atoms. The lowest BCUT2D eigenvalue weighted by Gasteiger charge is -2.49. The van der Waals surface area contributed by atoms with Crippen molar-refractivity contribution >= 4 is 0 Å². The lowest BCUT2D eigenvalue weighted by molar-refractivity contribution is -0.251. The molecule has 104 valence electrons. The predicted octanol–water partition coefficient (Wildman–Crippen LogP) is 4.16. The van der Waals surface area contributed by atoms with Gasteiger partial charge >= 0.3 is 0 Å². The van der Waals surface area contributed by atoms with Crippen molar-refractivity contribution in [1.29, 1.82) is 0 Å². The van der Waals surface area contributed by atoms with Crippen LogP contribution in [0, 0.1) is 17.3 Å². The molecule has 2 heteroatoms. The van der Waals surface area contributed by atoms with E-state index in [0.29, 0.717) is 11.8 Å². The van der Waals surface area contributed by atoms with E-state index >= 15 is 0 Å². The standard InChI is InChI=1S/C16H28O2/c1-5-6-7-15-17-10-16(11-18-15)13(3)8-12(2)9-14(16)4/h8,13-15H,5-7,9-11H2,1-4H3/t13-,14+,15?,16?/m0/s1. The Bertz CT molecular complexity index is 300. The van der Waals surface area contributed by atoms with Gasteiger partial charge in [0.2, 0.25) is 0 Å². The van der Waals surface area contributed by atoms with Crippen LogP contribution >= 0.6 is 0 Å². The Balaban J connectivity index is 1.98. The van der Waals surface area contributed by atoms with Crippen LogP contribution in [0.25, 0.3) is 0 Å². The van der Waals surface area contributed by atoms with E-state index in [9.17, 15) is 0 Å². The van der Waals surface area contributed by atoms with E-state index in [1.807, 2.05) is 0 Å². The maximum absolute atomic E-state index is 6.00. The Morgan fingerprint density at radius 1 is 1.28 bits per heavy atom. The second-order valence-electron chi connectivity index (χ2n) is 6.33. The summed E-state index contributed by atoms with van der Waals surface area (Å²) in [5.41, 5.74) is 1.73. The maximum Gasteiger partial charge on any atom is 0.157 e. The van der Waals surface area contributed by atoms with Crippen molar-refractivity contribution in [3.05, 3.63) is 11.6 Å². The molecule has 0 amide bonds. The van der Waals surface area contributed by atoms with Gasteiger partial charge in [0, 0.05) is 5.41 Å². The molecule has 2 rings (SSSR count). The average molecular weight is 252 g/mol. The van der Waals surface area contributed by atoms with Crippen molar-refractivity contribution in [1.82, 2.24) is 0 Å². The molecular formula is C16H28O2. The molecular weight excluding hydrogens is 224 g/mol. The van der Waals surface area contributed by atoms with E-state index in [1.54, 1.807) is 0 Å². The lowest BCUT2D eigenvalue weighted by atomic mass is 9.63. The highest BCUT2D eigenvalue weighted by Crippen LogP contribution is 2.47. The molecule has 0 bridgehead atoms. The minimum Gasteiger partial charge on any atom is -0.352 e. The van der Waals surface area contributed by atoms with Crippen LogP contribution in [-0.4, -0.2) is 19.5 Å². The summed E-state index contributed by atoms with van der Waals surface area (Å²) < 4.78 is 12.0. The number of rotatable bonds is 3. The first kappa shape index (κ1) is 14.1. The van der Waals surface area contributed by atoms with Gasteiger partial charge in [0.15, 0.2) is 6.29 Å². The van der Waals surface area contributed by atoms with Crippen LogP contribution in [0.1, 0.15) is 53.4 Å². The summed E-state index contributed by atoms with van der Waals surface area (Å²) in [6, 6.07) is 0. The summed E-state index contributed by atoms with van der Waals surface area (Å²) in [4.78, 5) is 0. The molecule has 1 aliphatic heterocycles. The van der Waals surface area contributed by atoms with Gasteiger partial charge in [-0.3, -0.25) is 0 Å². The number of unbranched alkanes of at least 4 members (excludes halogenated alkanes) is 1. The van der Waals surface area contributed by atoms with Crippen LogP contribution in [0.2, 0.25) is 0 Å². The fourth-order valence-electron chi connectivity index (χ4n) is 3.47. The molecule has 0 N–H and O–H groups in total. The molecule has 0 aromatic carbocycles. The summed E-state index contributed by atoms with van der Waals surface area (Å²) in [6.45, 7) is 10.9. The molecule has 1 spiro atoms. The summed E-state index contributed by atoms with van der Waals surface area (Å²) in [5.74, 6) is 1.22. The Morgan fingerprint density at radius 3 is 2.50 bits per heavy atom. The Morgan fingerprint density at radius 2 is 1.94 bits per heavy atom. The van der Waals surface area contributed by atoms with Gasteiger partial charge in [-0.05, 0) is 38.0 Å². The zero-order valence-electron chi connectivity index (χ0n) is 12.4. The molecule has 1 aliphatic carbocycles. The van der Waals surface area contributed by atoms with Gasteiger partial charge in [-0.15, -0.1) is 0 Å². The second-order valence-corrected chi connectivity index (χ2v) is 6.33. The van der Waals surface area contributed by atoms with Gasteiger partial charge in [0.05, 0.1) is 13.2 Å². The molecule has 1 heterocycles. The minimum atomic E-state index is 0.0435. The third-order valence-corrected chi connectivity index (χ3v) is 4.92. The van der Waals surface area contributed by atoms with Crippen molar-refractivity contribution in [3.63, 3.8) is 0 Å². The second kappa shape index (κ2) is 5.75. The van der Waals surface area contributed by atoms with E-state index in [-0.39, 0.29) is 11.7 Å². The van der Waals surface area contributed by atoms with Crippen molar-refractivity contribution < 1.29 is 9.47 Å². The van der Waals surface area contributed by atoms with E-state index in [4.69, 9.17) is 9.47 Å². The monoisotopic (exact) mass is 252 g/mol. The highest BCUT2D eigenvalue weighted by Gasteiger charge is 2.46. The summed E-state index contributed by atoms with van der Waals surface area (Å²) in [6.07, 6.45) is 7.10. The Hall–Kier alpha value is -0.340. The topological polar surface area (TPSA) is 18.5 Å². The van der Waals surface area contributed by atoms with E-state index in [0.717, 1.165) is 19.6 Å². The lowest BCUT2D eigenvalue weighted by Crippen LogP contribution is -2.50. The minimum absolute atomic E-state index is 0.0435. The molecule has 1 saturated heterocycles. The molecule has 1 fully saturated rings. The first-order valence-electron chi connectivity index (χ1n) is 7.49. The highest BCUT2D eigenvalue weighted by molar-refractivity contribution is 5.13. The van der Waals surface area contributed by atoms with Gasteiger partial charge in [0.1, 0.15) is 0 Å². The molecule has 2 aliphatic rings. The molecule has 2 nitrogen and oxygen atoms in total. The molecule has 0 aromatic heterocycles. The Kier molecular flexibility index (Phi) is 4.50. The SMILES string of the molecule is CCCCC1OCC2(CO1)[C@H](C)CC(C)=C[C@@H]2C. The van der Waals surface area contributed by atoms with Gasteiger partial charge in [0.25, 0.3) is 0 Å². The summed E-state index contributed by atoms with van der Waals surface area (Å²) in [7, 11) is 0. The third kappa shape index (κ3) is 2.65. The molecule has 0 unspecified atom stereocenters. The van der Waals surface area contributed by atoms with Crippen LogP contribution in [-0.2, 0) is 9.47 Å². The van der Waals surface area contributed by atoms with Crippen molar-refractivity contribution in [2.24, 2.45) is 17.3 Å². The van der Waals surface area contributed by atoms with Crippen molar-refractivity contribution in [2.45, 2.75) is 59.7 Å². The largest absolute Gasteiger partial charge is 0.352 e. The normalized spacial score (nSPS) is 40.9. The zero-order chi connectivity index (χ0) is 13.2. The van der Waals surface area contributed by atoms with Crippen molar-refractivity contribution in [2.75, 3.05) is 13.2 Å². The highest BCUT2D eigenvalue weighted by atomic mass is 16.7. The fraction of sp³-hybridized carbons (Fsp3) is 0.875. The first-order chi connectivity index (χ1) is 8.58. The summed E-state index contributed by atoms with van der Waals surface area (Å²) in [5, 5.41) is 0. The van der Waals surface area contributed by atoms with E-state index in [1.165, 1.54) is 24.8 Å². The van der Waals surface area contributed by atoms with Crippen LogP contribution in [0.3, 0.4) is 0 Å². The Labute approximate surface area is 112 Å². The number of hydrogen-bond donors (Lipinski definition) is 0. The van der Waals surface area contributed by atoms with Gasteiger partial charge < -0.3 is 9.47 Å². The quantitative estimate of drug-likeness (QED) is 0.702. The maximum atomic E-state index is 6.00. The van der Waals surface area contributed by atoms with Crippen molar-refractivity contribution in [3.8, 4) is 0 Å². The van der Waals surface area contributed by atoms with Gasteiger partial charge in [-0.25, -0.2) is 0 Å². The zero-order valence-corrected chi connectivity index (χ0v) is 12.4. The number of ether oxygens (including phenoxy) is 2. The number of hydrogen-bond acceptors (Lipinski definition) is 2. The summed E-state index contributed by atoms with van der Waals surface area (Å²) >= 11 is 0.